The van der Waals surface area contributed by atoms with Gasteiger partial charge in [-0.2, -0.15) is 0 Å². The average molecular weight is 253 g/mol. The number of benzene rings is 1. The van der Waals surface area contributed by atoms with Crippen LogP contribution in [0.3, 0.4) is 0 Å². The molecule has 0 fully saturated rings. The highest BCUT2D eigenvalue weighted by Crippen LogP contribution is 2.10. The van der Waals surface area contributed by atoms with E-state index in [4.69, 9.17) is 5.73 Å². The Labute approximate surface area is 107 Å². The summed E-state index contributed by atoms with van der Waals surface area (Å²) in [4.78, 5) is 13.9. The van der Waals surface area contributed by atoms with Gasteiger partial charge in [0.05, 0.1) is 0 Å². The Bertz CT molecular complexity index is 400. The van der Waals surface area contributed by atoms with Crippen molar-refractivity contribution in [1.29, 1.82) is 0 Å². The summed E-state index contributed by atoms with van der Waals surface area (Å²) in [7, 11) is 1.98. The second-order valence-corrected chi connectivity index (χ2v) is 4.60. The Kier molecular flexibility index (Phi) is 5.09. The van der Waals surface area contributed by atoms with Gasteiger partial charge in [0.1, 0.15) is 5.82 Å². The lowest BCUT2D eigenvalue weighted by atomic mass is 10.2. The van der Waals surface area contributed by atoms with E-state index in [1.165, 1.54) is 18.2 Å². The molecule has 0 aliphatic heterocycles. The van der Waals surface area contributed by atoms with Gasteiger partial charge in [0.2, 0.25) is 0 Å². The Hall–Kier alpha value is -1.62. The molecule has 18 heavy (non-hydrogen) atoms. The van der Waals surface area contributed by atoms with Gasteiger partial charge in [-0.05, 0) is 39.1 Å². The lowest BCUT2D eigenvalue weighted by Gasteiger charge is -2.20. The van der Waals surface area contributed by atoms with Crippen LogP contribution in [0.2, 0.25) is 0 Å². The van der Waals surface area contributed by atoms with Crippen LogP contribution >= 0.6 is 0 Å². The zero-order chi connectivity index (χ0) is 13.7. The fraction of sp³-hybridized carbons (Fsp3) is 0.462. The SMILES string of the molecule is CC(C)N(C)CCNC(=O)c1cc(N)cc(F)c1. The highest BCUT2D eigenvalue weighted by molar-refractivity contribution is 5.95. The monoisotopic (exact) mass is 253 g/mol. The molecule has 5 heteroatoms. The number of hydrogen-bond acceptors (Lipinski definition) is 3. The second kappa shape index (κ2) is 6.35. The van der Waals surface area contributed by atoms with Crippen LogP contribution in [-0.4, -0.2) is 37.0 Å². The van der Waals surface area contributed by atoms with Crippen molar-refractivity contribution in [3.63, 3.8) is 0 Å². The maximum atomic E-state index is 13.1. The van der Waals surface area contributed by atoms with Crippen LogP contribution in [-0.2, 0) is 0 Å². The summed E-state index contributed by atoms with van der Waals surface area (Å²) < 4.78 is 13.1. The number of amides is 1. The molecule has 0 heterocycles. The van der Waals surface area contributed by atoms with E-state index in [1.54, 1.807) is 0 Å². The largest absolute Gasteiger partial charge is 0.399 e. The minimum absolute atomic E-state index is 0.249. The molecule has 3 N–H and O–H groups in total. The van der Waals surface area contributed by atoms with Crippen LogP contribution in [0.5, 0.6) is 0 Å². The lowest BCUT2D eigenvalue weighted by Crippen LogP contribution is -2.36. The number of anilines is 1. The number of likely N-dealkylation sites (N-methyl/N-ethyl adjacent to an activating group) is 1. The van der Waals surface area contributed by atoms with Gasteiger partial charge in [-0.25, -0.2) is 4.39 Å². The topological polar surface area (TPSA) is 58.4 Å². The van der Waals surface area contributed by atoms with Crippen molar-refractivity contribution < 1.29 is 9.18 Å². The van der Waals surface area contributed by atoms with E-state index < -0.39 is 5.82 Å². The normalized spacial score (nSPS) is 11.0. The zero-order valence-electron chi connectivity index (χ0n) is 11.0. The zero-order valence-corrected chi connectivity index (χ0v) is 11.0. The van der Waals surface area contributed by atoms with Crippen molar-refractivity contribution in [3.8, 4) is 0 Å². The van der Waals surface area contributed by atoms with Gasteiger partial charge in [-0.3, -0.25) is 4.79 Å². The first-order valence-corrected chi connectivity index (χ1v) is 5.94. The molecular weight excluding hydrogens is 233 g/mol. The number of carbonyl (C=O) groups excluding carboxylic acids is 1. The van der Waals surface area contributed by atoms with Crippen molar-refractivity contribution in [2.75, 3.05) is 25.9 Å². The van der Waals surface area contributed by atoms with Crippen LogP contribution in [0.4, 0.5) is 10.1 Å². The number of hydrogen-bond donors (Lipinski definition) is 2. The molecule has 0 aliphatic rings. The predicted octanol–water partition coefficient (Wildman–Crippen LogP) is 1.48. The number of halogens is 1. The number of nitrogens with two attached hydrogens (primary N) is 1. The summed E-state index contributed by atoms with van der Waals surface area (Å²) in [6.07, 6.45) is 0. The van der Waals surface area contributed by atoms with Crippen molar-refractivity contribution in [2.24, 2.45) is 0 Å². The third-order valence-corrected chi connectivity index (χ3v) is 2.81. The molecule has 0 bridgehead atoms. The van der Waals surface area contributed by atoms with Crippen LogP contribution in [0.15, 0.2) is 18.2 Å². The summed E-state index contributed by atoms with van der Waals surface area (Å²) in [6.45, 7) is 5.42. The van der Waals surface area contributed by atoms with E-state index in [0.29, 0.717) is 12.6 Å². The van der Waals surface area contributed by atoms with Gasteiger partial charge in [-0.1, -0.05) is 0 Å². The Morgan fingerprint density at radius 3 is 2.67 bits per heavy atom. The summed E-state index contributed by atoms with van der Waals surface area (Å²) in [5.41, 5.74) is 5.98. The maximum absolute atomic E-state index is 13.1. The quantitative estimate of drug-likeness (QED) is 0.781. The summed E-state index contributed by atoms with van der Waals surface area (Å²) >= 11 is 0. The molecular formula is C13H20FN3O. The molecule has 0 atom stereocenters. The van der Waals surface area contributed by atoms with Gasteiger partial charge in [0.25, 0.3) is 5.91 Å². The predicted molar refractivity (Wildman–Crippen MR) is 70.9 cm³/mol. The van der Waals surface area contributed by atoms with Crippen LogP contribution in [0, 0.1) is 5.82 Å². The van der Waals surface area contributed by atoms with E-state index in [9.17, 15) is 9.18 Å². The number of nitrogens with zero attached hydrogens (tertiary/aromatic N) is 1. The van der Waals surface area contributed by atoms with Crippen molar-refractivity contribution in [3.05, 3.63) is 29.6 Å². The average Bonchev–Trinajstić information content (AvgIpc) is 2.27. The van der Waals surface area contributed by atoms with Gasteiger partial charge in [0, 0.05) is 30.4 Å². The molecule has 1 aromatic carbocycles. The van der Waals surface area contributed by atoms with Crippen LogP contribution < -0.4 is 11.1 Å². The standard InChI is InChI=1S/C13H20FN3O/c1-9(2)17(3)5-4-16-13(18)10-6-11(14)8-12(15)7-10/h6-9H,4-5,15H2,1-3H3,(H,16,18). The van der Waals surface area contributed by atoms with Gasteiger partial charge >= 0.3 is 0 Å². The summed E-state index contributed by atoms with van der Waals surface area (Å²) in [6, 6.07) is 4.25. The molecule has 0 aromatic heterocycles. The highest BCUT2D eigenvalue weighted by Gasteiger charge is 2.08. The number of nitrogen functional groups attached to an aromatic ring is 1. The molecule has 1 aromatic rings. The van der Waals surface area contributed by atoms with Crippen LogP contribution in [0.25, 0.3) is 0 Å². The molecule has 0 spiro atoms. The van der Waals surface area contributed by atoms with Crippen LogP contribution in [0.1, 0.15) is 24.2 Å². The molecule has 1 rings (SSSR count). The van der Waals surface area contributed by atoms with Crippen molar-refractivity contribution in [2.45, 2.75) is 19.9 Å². The number of carbonyl (C=O) groups is 1. The Morgan fingerprint density at radius 1 is 1.44 bits per heavy atom. The molecule has 0 aliphatic carbocycles. The van der Waals surface area contributed by atoms with E-state index in [1.807, 2.05) is 7.05 Å². The number of nitrogens with one attached hydrogen (secondary N) is 1. The fourth-order valence-electron chi connectivity index (χ4n) is 1.45. The molecule has 4 nitrogen and oxygen atoms in total. The minimum Gasteiger partial charge on any atom is -0.399 e. The van der Waals surface area contributed by atoms with Gasteiger partial charge < -0.3 is 16.0 Å². The van der Waals surface area contributed by atoms with Crippen molar-refractivity contribution >= 4 is 11.6 Å². The minimum atomic E-state index is -0.501. The first kappa shape index (κ1) is 14.4. The van der Waals surface area contributed by atoms with E-state index >= 15 is 0 Å². The Balaban J connectivity index is 2.50. The molecule has 0 radical (unpaired) electrons. The molecule has 0 saturated carbocycles. The van der Waals surface area contributed by atoms with Gasteiger partial charge in [-0.15, -0.1) is 0 Å². The first-order valence-electron chi connectivity index (χ1n) is 5.94. The fourth-order valence-corrected chi connectivity index (χ4v) is 1.45. The molecule has 0 unspecified atom stereocenters. The highest BCUT2D eigenvalue weighted by atomic mass is 19.1. The second-order valence-electron chi connectivity index (χ2n) is 4.60. The Morgan fingerprint density at radius 2 is 2.11 bits per heavy atom. The summed E-state index contributed by atoms with van der Waals surface area (Å²) in [5.74, 6) is -0.808. The van der Waals surface area contributed by atoms with E-state index in [0.717, 1.165) is 6.54 Å². The molecule has 100 valence electrons. The van der Waals surface area contributed by atoms with E-state index in [-0.39, 0.29) is 17.2 Å². The van der Waals surface area contributed by atoms with Crippen molar-refractivity contribution in [1.82, 2.24) is 10.2 Å². The lowest BCUT2D eigenvalue weighted by molar-refractivity contribution is 0.0947. The third-order valence-electron chi connectivity index (χ3n) is 2.81. The number of rotatable bonds is 5. The third kappa shape index (κ3) is 4.33. The van der Waals surface area contributed by atoms with Gasteiger partial charge in [0.15, 0.2) is 0 Å². The first-order chi connectivity index (χ1) is 8.40. The summed E-state index contributed by atoms with van der Waals surface area (Å²) in [5, 5.41) is 2.74. The molecule has 1 amide bonds. The maximum Gasteiger partial charge on any atom is 0.251 e. The molecule has 0 saturated heterocycles. The van der Waals surface area contributed by atoms with E-state index in [2.05, 4.69) is 24.1 Å². The smallest absolute Gasteiger partial charge is 0.251 e.